The van der Waals surface area contributed by atoms with E-state index in [0.717, 1.165) is 5.56 Å². The summed E-state index contributed by atoms with van der Waals surface area (Å²) in [6, 6.07) is 13.3. The first-order chi connectivity index (χ1) is 11.1. The molecule has 122 valence electrons. The first-order valence-corrected chi connectivity index (χ1v) is 7.91. The normalized spacial score (nSPS) is 11.8. The van der Waals surface area contributed by atoms with Gasteiger partial charge in [-0.3, -0.25) is 4.79 Å². The quantitative estimate of drug-likeness (QED) is 0.830. The van der Waals surface area contributed by atoms with Gasteiger partial charge in [0.1, 0.15) is 11.6 Å². The monoisotopic (exact) mass is 335 g/mol. The Balaban J connectivity index is 1.85. The smallest absolute Gasteiger partial charge is 0.261 e. The average Bonchev–Trinajstić information content (AvgIpc) is 2.56. The Bertz CT molecular complexity index is 646. The van der Waals surface area contributed by atoms with Crippen LogP contribution in [0.5, 0.6) is 5.75 Å². The Hall–Kier alpha value is -2.07. The molecular formula is C18H19ClFNO2. The molecule has 0 aliphatic heterocycles. The largest absolute Gasteiger partial charge is 0.479 e. The van der Waals surface area contributed by atoms with E-state index in [9.17, 15) is 9.18 Å². The van der Waals surface area contributed by atoms with E-state index in [1.54, 1.807) is 36.4 Å². The van der Waals surface area contributed by atoms with Crippen molar-refractivity contribution in [1.82, 2.24) is 5.32 Å². The van der Waals surface area contributed by atoms with Crippen LogP contribution in [-0.2, 0) is 11.2 Å². The number of rotatable bonds is 7. The Morgan fingerprint density at radius 3 is 2.57 bits per heavy atom. The molecule has 2 rings (SSSR count). The molecule has 0 heterocycles. The summed E-state index contributed by atoms with van der Waals surface area (Å²) in [6.45, 7) is 2.34. The average molecular weight is 336 g/mol. The van der Waals surface area contributed by atoms with Gasteiger partial charge in [0.05, 0.1) is 5.02 Å². The first-order valence-electron chi connectivity index (χ1n) is 7.53. The van der Waals surface area contributed by atoms with Crippen molar-refractivity contribution in [2.75, 3.05) is 6.54 Å². The lowest BCUT2D eigenvalue weighted by molar-refractivity contribution is -0.128. The Morgan fingerprint density at radius 2 is 1.91 bits per heavy atom. The molecule has 0 aromatic heterocycles. The molecule has 0 saturated carbocycles. The van der Waals surface area contributed by atoms with Gasteiger partial charge in [-0.2, -0.15) is 0 Å². The number of hydrogen-bond donors (Lipinski definition) is 1. The van der Waals surface area contributed by atoms with Crippen LogP contribution in [0.3, 0.4) is 0 Å². The van der Waals surface area contributed by atoms with Crippen LogP contribution in [0.1, 0.15) is 18.9 Å². The minimum Gasteiger partial charge on any atom is -0.479 e. The summed E-state index contributed by atoms with van der Waals surface area (Å²) < 4.78 is 18.5. The Morgan fingerprint density at radius 1 is 1.22 bits per heavy atom. The minimum absolute atomic E-state index is 0.186. The molecule has 0 radical (unpaired) electrons. The molecule has 0 fully saturated rings. The van der Waals surface area contributed by atoms with Crippen LogP contribution < -0.4 is 10.1 Å². The molecule has 0 aliphatic rings. The summed E-state index contributed by atoms with van der Waals surface area (Å²) in [4.78, 5) is 12.2. The summed E-state index contributed by atoms with van der Waals surface area (Å²) in [5.41, 5.74) is 0.965. The molecule has 3 nitrogen and oxygen atoms in total. The Labute approximate surface area is 140 Å². The summed E-state index contributed by atoms with van der Waals surface area (Å²) >= 11 is 6.04. The SMILES string of the molecule is CC[C@H](Oc1ccccc1Cl)C(=O)NCCc1ccc(F)cc1. The molecule has 1 N–H and O–H groups in total. The molecule has 0 unspecified atom stereocenters. The second-order valence-corrected chi connectivity index (χ2v) is 5.52. The van der Waals surface area contributed by atoms with Crippen LogP contribution in [0.15, 0.2) is 48.5 Å². The third-order valence-corrected chi connectivity index (χ3v) is 3.71. The number of halogens is 2. The van der Waals surface area contributed by atoms with Crippen molar-refractivity contribution in [1.29, 1.82) is 0 Å². The van der Waals surface area contributed by atoms with Crippen LogP contribution >= 0.6 is 11.6 Å². The van der Waals surface area contributed by atoms with E-state index >= 15 is 0 Å². The summed E-state index contributed by atoms with van der Waals surface area (Å²) in [7, 11) is 0. The predicted octanol–water partition coefficient (Wildman–Crippen LogP) is 4.00. The molecule has 2 aromatic carbocycles. The molecule has 0 bridgehead atoms. The number of benzene rings is 2. The van der Waals surface area contributed by atoms with E-state index in [2.05, 4.69) is 5.32 Å². The van der Waals surface area contributed by atoms with Gasteiger partial charge >= 0.3 is 0 Å². The van der Waals surface area contributed by atoms with E-state index in [-0.39, 0.29) is 11.7 Å². The van der Waals surface area contributed by atoms with Crippen molar-refractivity contribution in [2.45, 2.75) is 25.9 Å². The van der Waals surface area contributed by atoms with Crippen molar-refractivity contribution in [3.8, 4) is 5.75 Å². The maximum absolute atomic E-state index is 12.8. The van der Waals surface area contributed by atoms with Crippen molar-refractivity contribution >= 4 is 17.5 Å². The van der Waals surface area contributed by atoms with Gasteiger partial charge in [-0.15, -0.1) is 0 Å². The standard InChI is InChI=1S/C18H19ClFNO2/c1-2-16(23-17-6-4-3-5-15(17)19)18(22)21-12-11-13-7-9-14(20)10-8-13/h3-10,16H,2,11-12H2,1H3,(H,21,22)/t16-/m0/s1. The molecule has 1 amide bonds. The van der Waals surface area contributed by atoms with Crippen LogP contribution in [-0.4, -0.2) is 18.6 Å². The molecule has 0 aliphatic carbocycles. The lowest BCUT2D eigenvalue weighted by atomic mass is 10.1. The number of ether oxygens (including phenoxy) is 1. The number of carbonyl (C=O) groups is 1. The number of para-hydroxylation sites is 1. The molecule has 1 atom stereocenters. The fourth-order valence-corrected chi connectivity index (χ4v) is 2.29. The minimum atomic E-state index is -0.594. The van der Waals surface area contributed by atoms with Crippen LogP contribution in [0.25, 0.3) is 0 Å². The maximum atomic E-state index is 12.8. The molecule has 2 aromatic rings. The third-order valence-electron chi connectivity index (χ3n) is 3.40. The van der Waals surface area contributed by atoms with Crippen LogP contribution in [0.4, 0.5) is 4.39 Å². The fourth-order valence-electron chi connectivity index (χ4n) is 2.11. The van der Waals surface area contributed by atoms with Gasteiger partial charge in [0.15, 0.2) is 6.10 Å². The highest BCUT2D eigenvalue weighted by atomic mass is 35.5. The Kier molecular flexibility index (Phi) is 6.41. The van der Waals surface area contributed by atoms with Crippen molar-refractivity contribution < 1.29 is 13.9 Å². The highest BCUT2D eigenvalue weighted by Gasteiger charge is 2.18. The molecule has 0 saturated heterocycles. The highest BCUT2D eigenvalue weighted by molar-refractivity contribution is 6.32. The van der Waals surface area contributed by atoms with Gasteiger partial charge in [0.2, 0.25) is 0 Å². The molecule has 23 heavy (non-hydrogen) atoms. The number of nitrogens with one attached hydrogen (secondary N) is 1. The van der Waals surface area contributed by atoms with Gasteiger partial charge < -0.3 is 10.1 Å². The number of hydrogen-bond acceptors (Lipinski definition) is 2. The van der Waals surface area contributed by atoms with E-state index in [1.807, 2.05) is 6.92 Å². The number of amides is 1. The lowest BCUT2D eigenvalue weighted by Gasteiger charge is -2.18. The predicted molar refractivity (Wildman–Crippen MR) is 89.3 cm³/mol. The zero-order valence-electron chi connectivity index (χ0n) is 12.9. The first kappa shape index (κ1) is 17.3. The maximum Gasteiger partial charge on any atom is 0.261 e. The zero-order chi connectivity index (χ0) is 16.7. The van der Waals surface area contributed by atoms with Gasteiger partial charge in [-0.25, -0.2) is 4.39 Å². The van der Waals surface area contributed by atoms with Crippen LogP contribution in [0.2, 0.25) is 5.02 Å². The highest BCUT2D eigenvalue weighted by Crippen LogP contribution is 2.24. The lowest BCUT2D eigenvalue weighted by Crippen LogP contribution is -2.39. The van der Waals surface area contributed by atoms with E-state index < -0.39 is 6.10 Å². The van der Waals surface area contributed by atoms with E-state index in [4.69, 9.17) is 16.3 Å². The van der Waals surface area contributed by atoms with Crippen molar-refractivity contribution in [2.24, 2.45) is 0 Å². The van der Waals surface area contributed by atoms with E-state index in [1.165, 1.54) is 12.1 Å². The zero-order valence-corrected chi connectivity index (χ0v) is 13.6. The third kappa shape index (κ3) is 5.25. The van der Waals surface area contributed by atoms with Gasteiger partial charge in [-0.05, 0) is 42.7 Å². The van der Waals surface area contributed by atoms with Crippen molar-refractivity contribution in [3.05, 3.63) is 64.9 Å². The second-order valence-electron chi connectivity index (χ2n) is 5.11. The topological polar surface area (TPSA) is 38.3 Å². The molecule has 0 spiro atoms. The van der Waals surface area contributed by atoms with Gasteiger partial charge in [0, 0.05) is 6.54 Å². The second kappa shape index (κ2) is 8.53. The molecule has 5 heteroatoms. The van der Waals surface area contributed by atoms with Crippen LogP contribution in [0, 0.1) is 5.82 Å². The van der Waals surface area contributed by atoms with E-state index in [0.29, 0.717) is 30.2 Å². The number of carbonyl (C=O) groups excluding carboxylic acids is 1. The van der Waals surface area contributed by atoms with Gasteiger partial charge in [0.25, 0.3) is 5.91 Å². The summed E-state index contributed by atoms with van der Waals surface area (Å²) in [6.07, 6.45) is 0.574. The summed E-state index contributed by atoms with van der Waals surface area (Å²) in [5.74, 6) is 0.0428. The molecular weight excluding hydrogens is 317 g/mol. The fraction of sp³-hybridized carbons (Fsp3) is 0.278. The summed E-state index contributed by atoms with van der Waals surface area (Å²) in [5, 5.41) is 3.31. The van der Waals surface area contributed by atoms with Crippen molar-refractivity contribution in [3.63, 3.8) is 0 Å². The van der Waals surface area contributed by atoms with Gasteiger partial charge in [-0.1, -0.05) is 42.8 Å².